The Morgan fingerprint density at radius 2 is 2.04 bits per heavy atom. The van der Waals surface area contributed by atoms with Crippen molar-refractivity contribution in [2.45, 2.75) is 38.9 Å². The number of alkyl halides is 3. The van der Waals surface area contributed by atoms with Crippen LogP contribution in [0.5, 0.6) is 0 Å². The van der Waals surface area contributed by atoms with E-state index in [1.165, 1.54) is 18.3 Å². The number of anilines is 1. The summed E-state index contributed by atoms with van der Waals surface area (Å²) in [4.78, 5) is 26.4. The number of piperidine rings is 1. The van der Waals surface area contributed by atoms with Gasteiger partial charge in [0.2, 0.25) is 5.91 Å². The van der Waals surface area contributed by atoms with Gasteiger partial charge in [0.15, 0.2) is 5.13 Å². The van der Waals surface area contributed by atoms with Crippen LogP contribution >= 0.6 is 11.3 Å². The van der Waals surface area contributed by atoms with Crippen LogP contribution in [0.3, 0.4) is 0 Å². The van der Waals surface area contributed by atoms with Crippen molar-refractivity contribution < 1.29 is 18.0 Å². The number of nitrogens with zero attached hydrogens (tertiary/aromatic N) is 4. The molecule has 1 fully saturated rings. The van der Waals surface area contributed by atoms with Crippen LogP contribution in [0.15, 0.2) is 18.6 Å². The van der Waals surface area contributed by atoms with Gasteiger partial charge < -0.3 is 5.32 Å². The lowest BCUT2D eigenvalue weighted by atomic mass is 9.94. The minimum atomic E-state index is -4.41. The Hall–Kier alpha value is -2.07. The fraction of sp³-hybridized carbons (Fsp3) is 0.529. The lowest BCUT2D eigenvalue weighted by molar-refractivity contribution is -0.138. The number of rotatable bonds is 5. The van der Waals surface area contributed by atoms with Crippen LogP contribution in [0.25, 0.3) is 0 Å². The second kappa shape index (κ2) is 8.30. The van der Waals surface area contributed by atoms with E-state index < -0.39 is 11.7 Å². The third-order valence-corrected chi connectivity index (χ3v) is 5.22. The summed E-state index contributed by atoms with van der Waals surface area (Å²) in [6, 6.07) is 0. The van der Waals surface area contributed by atoms with Crippen LogP contribution in [0, 0.1) is 5.92 Å². The highest BCUT2D eigenvalue weighted by molar-refractivity contribution is 7.15. The van der Waals surface area contributed by atoms with Gasteiger partial charge in [0.1, 0.15) is 5.82 Å². The number of amides is 1. The van der Waals surface area contributed by atoms with Gasteiger partial charge in [0, 0.05) is 49.9 Å². The molecule has 0 aliphatic carbocycles. The number of halogens is 3. The molecule has 1 saturated heterocycles. The van der Waals surface area contributed by atoms with Gasteiger partial charge in [-0.25, -0.2) is 15.0 Å². The maximum atomic E-state index is 12.6. The first-order valence-electron chi connectivity index (χ1n) is 8.62. The minimum absolute atomic E-state index is 0.148. The maximum Gasteiger partial charge on any atom is 0.419 e. The van der Waals surface area contributed by atoms with Crippen molar-refractivity contribution in [2.24, 2.45) is 5.92 Å². The third kappa shape index (κ3) is 5.70. The number of likely N-dealkylation sites (tertiary alicyclic amines) is 1. The van der Waals surface area contributed by atoms with E-state index in [2.05, 4.69) is 25.2 Å². The van der Waals surface area contributed by atoms with Crippen LogP contribution in [0.4, 0.5) is 18.3 Å². The fourth-order valence-electron chi connectivity index (χ4n) is 3.14. The number of nitrogens with one attached hydrogen (secondary N) is 1. The molecule has 146 valence electrons. The maximum absolute atomic E-state index is 12.6. The molecule has 0 radical (unpaired) electrons. The Morgan fingerprint density at radius 3 is 2.70 bits per heavy atom. The standard InChI is InChI=1S/C17H20F3N5OS/c1-11(26)24-16-23-8-14(27-16)10-25-4-2-3-12(9-25)5-15-21-6-13(7-22-15)17(18,19)20/h6-8,12H,2-5,9-10H2,1H3,(H,23,24,26). The van der Waals surface area contributed by atoms with E-state index in [4.69, 9.17) is 0 Å². The lowest BCUT2D eigenvalue weighted by Crippen LogP contribution is -2.35. The zero-order valence-electron chi connectivity index (χ0n) is 14.8. The van der Waals surface area contributed by atoms with Crippen LogP contribution in [0.2, 0.25) is 0 Å². The van der Waals surface area contributed by atoms with E-state index in [0.717, 1.165) is 49.7 Å². The second-order valence-electron chi connectivity index (χ2n) is 6.65. The Morgan fingerprint density at radius 1 is 1.30 bits per heavy atom. The van der Waals surface area contributed by atoms with Crippen molar-refractivity contribution in [1.29, 1.82) is 0 Å². The minimum Gasteiger partial charge on any atom is -0.302 e. The Kier molecular flexibility index (Phi) is 6.05. The van der Waals surface area contributed by atoms with E-state index in [0.29, 0.717) is 23.3 Å². The Labute approximate surface area is 158 Å². The first-order valence-corrected chi connectivity index (χ1v) is 9.44. The number of carbonyl (C=O) groups excluding carboxylic acids is 1. The molecule has 6 nitrogen and oxygen atoms in total. The van der Waals surface area contributed by atoms with E-state index in [1.807, 2.05) is 0 Å². The van der Waals surface area contributed by atoms with Crippen LogP contribution in [0.1, 0.15) is 36.0 Å². The topological polar surface area (TPSA) is 71.0 Å². The summed E-state index contributed by atoms with van der Waals surface area (Å²) < 4.78 is 37.8. The molecule has 0 saturated carbocycles. The van der Waals surface area contributed by atoms with Crippen molar-refractivity contribution in [3.8, 4) is 0 Å². The van der Waals surface area contributed by atoms with Crippen molar-refractivity contribution in [1.82, 2.24) is 19.9 Å². The highest BCUT2D eigenvalue weighted by Gasteiger charge is 2.31. The molecule has 3 heterocycles. The van der Waals surface area contributed by atoms with Gasteiger partial charge >= 0.3 is 6.18 Å². The molecule has 0 aromatic carbocycles. The molecule has 10 heteroatoms. The first-order chi connectivity index (χ1) is 12.8. The molecule has 27 heavy (non-hydrogen) atoms. The molecular weight excluding hydrogens is 379 g/mol. The first kappa shape index (κ1) is 19.7. The fourth-order valence-corrected chi connectivity index (χ4v) is 4.04. The monoisotopic (exact) mass is 399 g/mol. The molecule has 1 N–H and O–H groups in total. The molecule has 2 aromatic heterocycles. The predicted molar refractivity (Wildman–Crippen MR) is 95.2 cm³/mol. The van der Waals surface area contributed by atoms with E-state index >= 15 is 0 Å². The largest absolute Gasteiger partial charge is 0.419 e. The summed E-state index contributed by atoms with van der Waals surface area (Å²) in [5.41, 5.74) is -0.823. The third-order valence-electron chi connectivity index (χ3n) is 4.32. The number of hydrogen-bond acceptors (Lipinski definition) is 6. The quantitative estimate of drug-likeness (QED) is 0.835. The van der Waals surface area contributed by atoms with E-state index in [1.54, 1.807) is 6.20 Å². The molecule has 2 aromatic rings. The van der Waals surface area contributed by atoms with Gasteiger partial charge in [0.25, 0.3) is 0 Å². The van der Waals surface area contributed by atoms with Crippen LogP contribution < -0.4 is 5.32 Å². The van der Waals surface area contributed by atoms with Gasteiger partial charge in [0.05, 0.1) is 5.56 Å². The normalized spacial score (nSPS) is 18.4. The van der Waals surface area contributed by atoms with Crippen LogP contribution in [-0.4, -0.2) is 38.8 Å². The Bertz CT molecular complexity index is 778. The zero-order chi connectivity index (χ0) is 19.4. The average molecular weight is 399 g/mol. The molecule has 1 amide bonds. The predicted octanol–water partition coefficient (Wildman–Crippen LogP) is 3.37. The summed E-state index contributed by atoms with van der Waals surface area (Å²) in [6.45, 7) is 3.97. The molecule has 1 unspecified atom stereocenters. The van der Waals surface area contributed by atoms with Crippen molar-refractivity contribution in [3.63, 3.8) is 0 Å². The smallest absolute Gasteiger partial charge is 0.302 e. The van der Waals surface area contributed by atoms with Crippen molar-refractivity contribution in [3.05, 3.63) is 34.9 Å². The van der Waals surface area contributed by atoms with E-state index in [-0.39, 0.29) is 5.91 Å². The summed E-state index contributed by atoms with van der Waals surface area (Å²) >= 11 is 1.45. The number of hydrogen-bond donors (Lipinski definition) is 1. The average Bonchev–Trinajstić information content (AvgIpc) is 3.01. The summed E-state index contributed by atoms with van der Waals surface area (Å²) in [5.74, 6) is 0.601. The highest BCUT2D eigenvalue weighted by atomic mass is 32.1. The van der Waals surface area contributed by atoms with Gasteiger partial charge in [-0.2, -0.15) is 13.2 Å². The van der Waals surface area contributed by atoms with Crippen molar-refractivity contribution in [2.75, 3.05) is 18.4 Å². The zero-order valence-corrected chi connectivity index (χ0v) is 15.6. The molecule has 0 bridgehead atoms. The number of aromatic nitrogens is 3. The van der Waals surface area contributed by atoms with Gasteiger partial charge in [-0.05, 0) is 25.3 Å². The van der Waals surface area contributed by atoms with E-state index in [9.17, 15) is 18.0 Å². The summed E-state index contributed by atoms with van der Waals surface area (Å²) in [7, 11) is 0. The SMILES string of the molecule is CC(=O)Nc1ncc(CN2CCCC(Cc3ncc(C(F)(F)F)cn3)C2)s1. The lowest BCUT2D eigenvalue weighted by Gasteiger charge is -2.32. The number of thiazole rings is 1. The molecule has 3 rings (SSSR count). The molecule has 1 aliphatic heterocycles. The summed E-state index contributed by atoms with van der Waals surface area (Å²) in [6.07, 6.45) is 1.63. The highest BCUT2D eigenvalue weighted by Crippen LogP contribution is 2.28. The van der Waals surface area contributed by atoms with Crippen molar-refractivity contribution >= 4 is 22.4 Å². The molecule has 1 aliphatic rings. The van der Waals surface area contributed by atoms with Gasteiger partial charge in [-0.1, -0.05) is 0 Å². The van der Waals surface area contributed by atoms with Gasteiger partial charge in [-0.15, -0.1) is 11.3 Å². The Balaban J connectivity index is 1.54. The second-order valence-corrected chi connectivity index (χ2v) is 7.76. The van der Waals surface area contributed by atoms with Gasteiger partial charge in [-0.3, -0.25) is 9.69 Å². The molecule has 1 atom stereocenters. The molecular formula is C17H20F3N5OS. The van der Waals surface area contributed by atoms with Crippen LogP contribution in [-0.2, 0) is 23.9 Å². The number of carbonyl (C=O) groups is 1. The summed E-state index contributed by atoms with van der Waals surface area (Å²) in [5, 5.41) is 3.26. The molecule has 0 spiro atoms.